The van der Waals surface area contributed by atoms with Gasteiger partial charge in [-0.15, -0.1) is 24.0 Å². The fraction of sp³-hybridized carbons (Fsp3) is 0.636. The average Bonchev–Trinajstić information content (AvgIpc) is 2.70. The maximum atomic E-state index is 11.6. The highest BCUT2D eigenvalue weighted by Crippen LogP contribution is 2.43. The molecule has 1 aromatic rings. The highest BCUT2D eigenvalue weighted by atomic mass is 127. The first kappa shape index (κ1) is 26.5. The van der Waals surface area contributed by atoms with Crippen LogP contribution in [0.2, 0.25) is 0 Å². The quantitative estimate of drug-likeness (QED) is 0.219. The first-order valence-corrected chi connectivity index (χ1v) is 10.6. The van der Waals surface area contributed by atoms with Gasteiger partial charge in [0.25, 0.3) is 5.91 Å². The zero-order valence-corrected chi connectivity index (χ0v) is 20.8. The normalized spacial score (nSPS) is 14.8. The van der Waals surface area contributed by atoms with Crippen LogP contribution in [0.25, 0.3) is 0 Å². The maximum absolute atomic E-state index is 11.6. The topological polar surface area (TPSA) is 84.0 Å². The van der Waals surface area contributed by atoms with Gasteiger partial charge in [0.1, 0.15) is 5.75 Å². The Bertz CT molecular complexity index is 666. The van der Waals surface area contributed by atoms with E-state index in [1.165, 1.54) is 19.3 Å². The second-order valence-corrected chi connectivity index (χ2v) is 7.53. The van der Waals surface area contributed by atoms with E-state index in [0.29, 0.717) is 24.3 Å². The van der Waals surface area contributed by atoms with Gasteiger partial charge in [0.15, 0.2) is 12.6 Å². The smallest absolute Gasteiger partial charge is 0.257 e. The van der Waals surface area contributed by atoms with Crippen molar-refractivity contribution in [3.05, 3.63) is 29.8 Å². The van der Waals surface area contributed by atoms with E-state index in [9.17, 15) is 4.79 Å². The molecule has 30 heavy (non-hydrogen) atoms. The molecule has 0 radical (unpaired) electrons. The number of rotatable bonds is 12. The average molecular weight is 532 g/mol. The molecule has 1 fully saturated rings. The predicted octanol–water partition coefficient (Wildman–Crippen LogP) is 3.08. The molecule has 1 amide bonds. The van der Waals surface area contributed by atoms with Gasteiger partial charge in [0.05, 0.1) is 6.54 Å². The van der Waals surface area contributed by atoms with Crippen molar-refractivity contribution < 1.29 is 14.3 Å². The fourth-order valence-corrected chi connectivity index (χ4v) is 3.42. The number of methoxy groups -OCH3 is 1. The first-order chi connectivity index (χ1) is 14.1. The Balaban J connectivity index is 0.00000450. The van der Waals surface area contributed by atoms with E-state index in [4.69, 9.17) is 14.5 Å². The molecule has 7 nitrogen and oxygen atoms in total. The van der Waals surface area contributed by atoms with Crippen LogP contribution in [-0.4, -0.2) is 51.8 Å². The van der Waals surface area contributed by atoms with Gasteiger partial charge >= 0.3 is 0 Å². The van der Waals surface area contributed by atoms with E-state index in [-0.39, 0.29) is 36.5 Å². The van der Waals surface area contributed by atoms with E-state index in [2.05, 4.69) is 22.9 Å². The monoisotopic (exact) mass is 532 g/mol. The molecule has 0 heterocycles. The summed E-state index contributed by atoms with van der Waals surface area (Å²) in [5, 5.41) is 9.56. The van der Waals surface area contributed by atoms with Crippen LogP contribution in [0.5, 0.6) is 5.75 Å². The highest BCUT2D eigenvalue weighted by molar-refractivity contribution is 14.0. The lowest BCUT2D eigenvalue weighted by Gasteiger charge is -2.42. The van der Waals surface area contributed by atoms with E-state index in [0.717, 1.165) is 37.6 Å². The summed E-state index contributed by atoms with van der Waals surface area (Å²) in [7, 11) is 1.76. The molecule has 170 valence electrons. The van der Waals surface area contributed by atoms with Crippen LogP contribution in [-0.2, 0) is 16.1 Å². The standard InChI is InChI=1S/C22H36N4O3.HI/c1-4-23-20(27)16-29-19-9-6-8-18(14-19)15-25-21(24-5-2)26-17-22(10-7-11-22)12-13-28-3;/h6,8-9,14H,4-5,7,10-13,15-17H2,1-3H3,(H,23,27)(H2,24,25,26);1H. The number of benzene rings is 1. The summed E-state index contributed by atoms with van der Waals surface area (Å²) in [5.74, 6) is 1.38. The lowest BCUT2D eigenvalue weighted by atomic mass is 9.67. The van der Waals surface area contributed by atoms with Crippen LogP contribution in [0, 0.1) is 5.41 Å². The molecule has 1 saturated carbocycles. The molecule has 0 unspecified atom stereocenters. The van der Waals surface area contributed by atoms with Crippen molar-refractivity contribution >= 4 is 35.8 Å². The minimum atomic E-state index is -0.118. The van der Waals surface area contributed by atoms with Gasteiger partial charge in [-0.25, -0.2) is 4.99 Å². The van der Waals surface area contributed by atoms with E-state index in [1.54, 1.807) is 7.11 Å². The molecule has 0 spiro atoms. The molecular formula is C22H37IN4O3. The lowest BCUT2D eigenvalue weighted by molar-refractivity contribution is -0.122. The number of ether oxygens (including phenoxy) is 2. The zero-order valence-electron chi connectivity index (χ0n) is 18.5. The van der Waals surface area contributed by atoms with Crippen molar-refractivity contribution in [2.24, 2.45) is 10.4 Å². The minimum Gasteiger partial charge on any atom is -0.484 e. The minimum absolute atomic E-state index is 0. The number of carbonyl (C=O) groups excluding carboxylic acids is 1. The predicted molar refractivity (Wildman–Crippen MR) is 132 cm³/mol. The second kappa shape index (κ2) is 14.5. The number of carbonyl (C=O) groups is 1. The van der Waals surface area contributed by atoms with Gasteiger partial charge in [-0.05, 0) is 56.2 Å². The van der Waals surface area contributed by atoms with Crippen molar-refractivity contribution in [2.45, 2.75) is 46.1 Å². The zero-order chi connectivity index (χ0) is 21.0. The molecule has 0 atom stereocenters. The summed E-state index contributed by atoms with van der Waals surface area (Å²) in [6.45, 7) is 7.65. The molecule has 0 bridgehead atoms. The summed E-state index contributed by atoms with van der Waals surface area (Å²) >= 11 is 0. The third-order valence-electron chi connectivity index (χ3n) is 5.29. The summed E-state index contributed by atoms with van der Waals surface area (Å²) in [5.41, 5.74) is 1.37. The van der Waals surface area contributed by atoms with Gasteiger partial charge in [0.2, 0.25) is 0 Å². The number of hydrogen-bond acceptors (Lipinski definition) is 4. The Hall–Kier alpha value is -1.55. The third kappa shape index (κ3) is 9.07. The van der Waals surface area contributed by atoms with Gasteiger partial charge < -0.3 is 25.4 Å². The van der Waals surface area contributed by atoms with E-state index in [1.807, 2.05) is 31.2 Å². The summed E-state index contributed by atoms with van der Waals surface area (Å²) in [4.78, 5) is 16.3. The Morgan fingerprint density at radius 3 is 2.57 bits per heavy atom. The number of halogens is 1. The highest BCUT2D eigenvalue weighted by Gasteiger charge is 2.36. The first-order valence-electron chi connectivity index (χ1n) is 10.6. The van der Waals surface area contributed by atoms with Crippen molar-refractivity contribution in [1.29, 1.82) is 0 Å². The molecule has 1 aliphatic carbocycles. The van der Waals surface area contributed by atoms with Gasteiger partial charge in [-0.2, -0.15) is 0 Å². The lowest BCUT2D eigenvalue weighted by Crippen LogP contribution is -2.46. The number of guanidine groups is 1. The van der Waals surface area contributed by atoms with Crippen LogP contribution in [0.3, 0.4) is 0 Å². The number of nitrogens with one attached hydrogen (secondary N) is 3. The Labute approximate surface area is 197 Å². The molecule has 2 rings (SSSR count). The summed E-state index contributed by atoms with van der Waals surface area (Å²) in [6, 6.07) is 7.72. The van der Waals surface area contributed by atoms with Crippen molar-refractivity contribution in [2.75, 3.05) is 40.0 Å². The molecular weight excluding hydrogens is 495 g/mol. The summed E-state index contributed by atoms with van der Waals surface area (Å²) in [6.07, 6.45) is 4.87. The molecule has 1 aromatic carbocycles. The van der Waals surface area contributed by atoms with Crippen LogP contribution in [0.4, 0.5) is 0 Å². The third-order valence-corrected chi connectivity index (χ3v) is 5.29. The SMILES string of the molecule is CCNC(=O)COc1cccc(CN=C(NCC)NCC2(CCOC)CCC2)c1.I. The number of hydrogen-bond donors (Lipinski definition) is 3. The van der Waals surface area contributed by atoms with Crippen molar-refractivity contribution in [3.63, 3.8) is 0 Å². The number of amides is 1. The fourth-order valence-electron chi connectivity index (χ4n) is 3.42. The van der Waals surface area contributed by atoms with Crippen LogP contribution >= 0.6 is 24.0 Å². The van der Waals surface area contributed by atoms with Gasteiger partial charge in [-0.1, -0.05) is 18.6 Å². The van der Waals surface area contributed by atoms with Crippen LogP contribution in [0.1, 0.15) is 45.1 Å². The Kier molecular flexibility index (Phi) is 12.8. The largest absolute Gasteiger partial charge is 0.484 e. The molecule has 0 aliphatic heterocycles. The maximum Gasteiger partial charge on any atom is 0.257 e. The van der Waals surface area contributed by atoms with Crippen molar-refractivity contribution in [3.8, 4) is 5.75 Å². The molecule has 3 N–H and O–H groups in total. The Morgan fingerprint density at radius 2 is 1.93 bits per heavy atom. The van der Waals surface area contributed by atoms with Gasteiger partial charge in [0, 0.05) is 33.4 Å². The molecule has 1 aliphatic rings. The number of nitrogens with zero attached hydrogens (tertiary/aromatic N) is 1. The molecule has 0 aromatic heterocycles. The second-order valence-electron chi connectivity index (χ2n) is 7.53. The summed E-state index contributed by atoms with van der Waals surface area (Å²) < 4.78 is 10.8. The number of aliphatic imine (C=N–C) groups is 1. The van der Waals surface area contributed by atoms with Crippen molar-refractivity contribution in [1.82, 2.24) is 16.0 Å². The number of likely N-dealkylation sites (N-methyl/N-ethyl adjacent to an activating group) is 1. The molecule has 0 saturated heterocycles. The van der Waals surface area contributed by atoms with Crippen LogP contribution < -0.4 is 20.7 Å². The van der Waals surface area contributed by atoms with Crippen LogP contribution in [0.15, 0.2) is 29.3 Å². The van der Waals surface area contributed by atoms with E-state index < -0.39 is 0 Å². The van der Waals surface area contributed by atoms with Gasteiger partial charge in [-0.3, -0.25) is 4.79 Å². The molecule has 8 heteroatoms. The van der Waals surface area contributed by atoms with E-state index >= 15 is 0 Å². The Morgan fingerprint density at radius 1 is 1.17 bits per heavy atom.